The minimum absolute atomic E-state index is 0.148. The molecule has 3 nitrogen and oxygen atoms in total. The number of H-pyrrole nitrogens is 1. The highest BCUT2D eigenvalue weighted by Crippen LogP contribution is 2.25. The molecule has 0 aliphatic rings. The number of hydrogen-bond donors (Lipinski definition) is 1. The molecule has 0 aliphatic carbocycles. The average molecular weight is 271 g/mol. The Bertz CT molecular complexity index is 806. The van der Waals surface area contributed by atoms with Crippen molar-refractivity contribution < 1.29 is 0 Å². The number of nitrogens with one attached hydrogen (secondary N) is 1. The Morgan fingerprint density at radius 2 is 1.84 bits per heavy atom. The van der Waals surface area contributed by atoms with E-state index in [0.29, 0.717) is 10.7 Å². The summed E-state index contributed by atoms with van der Waals surface area (Å²) in [7, 11) is 0. The summed E-state index contributed by atoms with van der Waals surface area (Å²) in [5.74, 6) is 0. The third-order valence-electron chi connectivity index (χ3n) is 3.02. The van der Waals surface area contributed by atoms with Crippen molar-refractivity contribution in [2.24, 2.45) is 0 Å². The van der Waals surface area contributed by atoms with Gasteiger partial charge in [0.2, 0.25) is 5.56 Å². The lowest BCUT2D eigenvalue weighted by atomic mass is 10.1. The monoisotopic (exact) mass is 270 g/mol. The van der Waals surface area contributed by atoms with Gasteiger partial charge < -0.3 is 4.98 Å². The van der Waals surface area contributed by atoms with Crippen LogP contribution in [0.4, 0.5) is 0 Å². The molecule has 2 aromatic heterocycles. The number of aromatic nitrogens is 2. The van der Waals surface area contributed by atoms with Crippen LogP contribution >= 0.6 is 11.6 Å². The van der Waals surface area contributed by atoms with Crippen LogP contribution in [0.2, 0.25) is 5.15 Å². The number of benzene rings is 1. The number of aromatic amines is 1. The maximum atomic E-state index is 11.4. The number of pyridine rings is 2. The Morgan fingerprint density at radius 1 is 1.11 bits per heavy atom. The van der Waals surface area contributed by atoms with E-state index < -0.39 is 0 Å². The summed E-state index contributed by atoms with van der Waals surface area (Å²) in [6.07, 6.45) is 0. The van der Waals surface area contributed by atoms with E-state index in [-0.39, 0.29) is 5.56 Å². The second-order valence-corrected chi connectivity index (χ2v) is 4.81. The third kappa shape index (κ3) is 2.25. The molecule has 0 unspecified atom stereocenters. The highest BCUT2D eigenvalue weighted by atomic mass is 35.5. The highest BCUT2D eigenvalue weighted by Gasteiger charge is 2.06. The molecule has 2 heterocycles. The molecule has 0 aliphatic heterocycles. The van der Waals surface area contributed by atoms with Crippen molar-refractivity contribution >= 4 is 22.5 Å². The molecule has 0 bridgehead atoms. The number of aryl methyl sites for hydroxylation is 1. The Labute approximate surface area is 114 Å². The molecule has 1 aromatic carbocycles. The van der Waals surface area contributed by atoms with Crippen molar-refractivity contribution in [2.75, 3.05) is 0 Å². The van der Waals surface area contributed by atoms with Crippen molar-refractivity contribution in [3.05, 3.63) is 63.5 Å². The molecule has 0 atom stereocenters. The van der Waals surface area contributed by atoms with Crippen LogP contribution in [0.1, 0.15) is 5.56 Å². The van der Waals surface area contributed by atoms with Gasteiger partial charge in [0.05, 0.1) is 11.2 Å². The quantitative estimate of drug-likeness (QED) is 0.687. The van der Waals surface area contributed by atoms with Crippen LogP contribution < -0.4 is 5.56 Å². The van der Waals surface area contributed by atoms with Crippen molar-refractivity contribution in [2.45, 2.75) is 6.92 Å². The van der Waals surface area contributed by atoms with Crippen LogP contribution in [0.25, 0.3) is 22.2 Å². The maximum absolute atomic E-state index is 11.4. The number of fused-ring (bicyclic) bond motifs is 1. The third-order valence-corrected chi connectivity index (χ3v) is 3.31. The van der Waals surface area contributed by atoms with Crippen LogP contribution in [0, 0.1) is 6.92 Å². The Morgan fingerprint density at radius 3 is 2.58 bits per heavy atom. The van der Waals surface area contributed by atoms with E-state index in [1.807, 2.05) is 37.3 Å². The van der Waals surface area contributed by atoms with Gasteiger partial charge in [-0.05, 0) is 19.1 Å². The molecular weight excluding hydrogens is 260 g/mol. The van der Waals surface area contributed by atoms with Crippen molar-refractivity contribution in [3.63, 3.8) is 0 Å². The summed E-state index contributed by atoms with van der Waals surface area (Å²) < 4.78 is 0. The van der Waals surface area contributed by atoms with Gasteiger partial charge >= 0.3 is 0 Å². The lowest BCUT2D eigenvalue weighted by Gasteiger charge is -2.05. The van der Waals surface area contributed by atoms with E-state index in [4.69, 9.17) is 11.6 Å². The van der Waals surface area contributed by atoms with Crippen LogP contribution in [0.3, 0.4) is 0 Å². The first-order valence-corrected chi connectivity index (χ1v) is 6.28. The maximum Gasteiger partial charge on any atom is 0.248 e. The van der Waals surface area contributed by atoms with Crippen LogP contribution in [-0.2, 0) is 0 Å². The summed E-state index contributed by atoms with van der Waals surface area (Å²) in [5, 5.41) is 1.14. The predicted octanol–water partition coefficient (Wildman–Crippen LogP) is 3.55. The molecule has 4 heteroatoms. The molecule has 0 saturated heterocycles. The minimum Gasteiger partial charge on any atom is -0.322 e. The largest absolute Gasteiger partial charge is 0.322 e. The van der Waals surface area contributed by atoms with Gasteiger partial charge in [-0.3, -0.25) is 4.79 Å². The Hall–Kier alpha value is -2.13. The van der Waals surface area contributed by atoms with E-state index in [2.05, 4.69) is 9.97 Å². The normalized spacial score (nSPS) is 10.8. The second kappa shape index (κ2) is 4.52. The molecule has 19 heavy (non-hydrogen) atoms. The van der Waals surface area contributed by atoms with E-state index in [1.54, 1.807) is 6.07 Å². The fourth-order valence-corrected chi connectivity index (χ4v) is 2.25. The summed E-state index contributed by atoms with van der Waals surface area (Å²) in [6.45, 7) is 2.03. The van der Waals surface area contributed by atoms with Crippen LogP contribution in [0.5, 0.6) is 0 Å². The van der Waals surface area contributed by atoms with Gasteiger partial charge in [-0.2, -0.15) is 0 Å². The van der Waals surface area contributed by atoms with Gasteiger partial charge in [-0.15, -0.1) is 0 Å². The molecule has 1 N–H and O–H groups in total. The standard InChI is InChI=1S/C15H11ClN2O/c1-9-2-4-10(5-3-9)12-8-13-11(15(16)18-12)6-7-14(19)17-13/h2-8H,1H3,(H,17,19). The lowest BCUT2D eigenvalue weighted by molar-refractivity contribution is 1.27. The molecule has 0 fully saturated rings. The van der Waals surface area contributed by atoms with Crippen molar-refractivity contribution in [1.29, 1.82) is 0 Å². The predicted molar refractivity (Wildman–Crippen MR) is 77.5 cm³/mol. The van der Waals surface area contributed by atoms with Gasteiger partial charge in [0, 0.05) is 17.0 Å². The Balaban J connectivity index is 2.25. The molecular formula is C15H11ClN2O. The molecule has 3 aromatic rings. The first-order valence-electron chi connectivity index (χ1n) is 5.90. The number of nitrogens with zero attached hydrogens (tertiary/aromatic N) is 1. The van der Waals surface area contributed by atoms with Gasteiger partial charge in [0.1, 0.15) is 5.15 Å². The topological polar surface area (TPSA) is 45.8 Å². The minimum atomic E-state index is -0.148. The van der Waals surface area contributed by atoms with E-state index >= 15 is 0 Å². The average Bonchev–Trinajstić information content (AvgIpc) is 2.38. The first kappa shape index (κ1) is 11.9. The molecule has 94 valence electrons. The summed E-state index contributed by atoms with van der Waals surface area (Å²) in [4.78, 5) is 18.5. The molecule has 0 amide bonds. The fourth-order valence-electron chi connectivity index (χ4n) is 1.99. The van der Waals surface area contributed by atoms with E-state index in [9.17, 15) is 4.79 Å². The highest BCUT2D eigenvalue weighted by molar-refractivity contribution is 6.34. The SMILES string of the molecule is Cc1ccc(-c2cc3[nH]c(=O)ccc3c(Cl)n2)cc1. The molecule has 0 spiro atoms. The van der Waals surface area contributed by atoms with Crippen LogP contribution in [0.15, 0.2) is 47.3 Å². The zero-order valence-electron chi connectivity index (χ0n) is 10.3. The van der Waals surface area contributed by atoms with E-state index in [0.717, 1.165) is 16.6 Å². The van der Waals surface area contributed by atoms with Gasteiger partial charge in [0.25, 0.3) is 0 Å². The van der Waals surface area contributed by atoms with Crippen molar-refractivity contribution in [1.82, 2.24) is 9.97 Å². The molecule has 0 saturated carbocycles. The Kier molecular flexibility index (Phi) is 2.84. The number of hydrogen-bond acceptors (Lipinski definition) is 2. The second-order valence-electron chi connectivity index (χ2n) is 4.45. The number of halogens is 1. The zero-order valence-corrected chi connectivity index (χ0v) is 11.0. The van der Waals surface area contributed by atoms with Crippen molar-refractivity contribution in [3.8, 4) is 11.3 Å². The van der Waals surface area contributed by atoms with Gasteiger partial charge in [0.15, 0.2) is 0 Å². The summed E-state index contributed by atoms with van der Waals surface area (Å²) in [6, 6.07) is 13.0. The lowest BCUT2D eigenvalue weighted by Crippen LogP contribution is -2.03. The van der Waals surface area contributed by atoms with Crippen LogP contribution in [-0.4, -0.2) is 9.97 Å². The zero-order chi connectivity index (χ0) is 13.4. The summed E-state index contributed by atoms with van der Waals surface area (Å²) >= 11 is 6.16. The van der Waals surface area contributed by atoms with Gasteiger partial charge in [-0.25, -0.2) is 4.98 Å². The summed E-state index contributed by atoms with van der Waals surface area (Å²) in [5.41, 5.74) is 3.45. The van der Waals surface area contributed by atoms with E-state index in [1.165, 1.54) is 11.6 Å². The molecule has 3 rings (SSSR count). The van der Waals surface area contributed by atoms with Gasteiger partial charge in [-0.1, -0.05) is 41.4 Å². The number of rotatable bonds is 1. The molecule has 0 radical (unpaired) electrons. The first-order chi connectivity index (χ1) is 9.13. The fraction of sp³-hybridized carbons (Fsp3) is 0.0667. The smallest absolute Gasteiger partial charge is 0.248 e.